The summed E-state index contributed by atoms with van der Waals surface area (Å²) >= 11 is 0. The van der Waals surface area contributed by atoms with Crippen molar-refractivity contribution < 1.29 is 14.3 Å². The van der Waals surface area contributed by atoms with E-state index >= 15 is 0 Å². The zero-order valence-electron chi connectivity index (χ0n) is 16.0. The van der Waals surface area contributed by atoms with Gasteiger partial charge in [0.2, 0.25) is 5.91 Å². The van der Waals surface area contributed by atoms with E-state index in [1.807, 2.05) is 54.6 Å². The number of rotatable bonds is 8. The van der Waals surface area contributed by atoms with E-state index in [4.69, 9.17) is 15.2 Å². The van der Waals surface area contributed by atoms with Crippen molar-refractivity contribution in [2.75, 3.05) is 18.5 Å². The van der Waals surface area contributed by atoms with Gasteiger partial charge in [-0.1, -0.05) is 36.8 Å². The first-order chi connectivity index (χ1) is 13.2. The molecular formula is C22H29ClN2O3. The summed E-state index contributed by atoms with van der Waals surface area (Å²) in [6, 6.07) is 17.6. The standard InChI is InChI=1S/C22H28N2O3.ClH/c23-19-8-5-7-18(15-19)22(25)24-20-9-4-6-17(14-20)16-26-12-13-27-21-10-2-1-3-11-21;/h1-4,6,9-11,14,18-19H,5,7-8,12-13,15-16,23H2,(H,24,25);1H. The molecule has 2 aromatic carbocycles. The molecule has 0 bridgehead atoms. The molecule has 2 aromatic rings. The molecule has 0 spiro atoms. The van der Waals surface area contributed by atoms with Gasteiger partial charge in [-0.3, -0.25) is 4.79 Å². The number of hydrogen-bond acceptors (Lipinski definition) is 4. The van der Waals surface area contributed by atoms with Crippen LogP contribution in [0.4, 0.5) is 5.69 Å². The number of para-hydroxylation sites is 1. The van der Waals surface area contributed by atoms with Gasteiger partial charge in [0.25, 0.3) is 0 Å². The van der Waals surface area contributed by atoms with Gasteiger partial charge < -0.3 is 20.5 Å². The predicted molar refractivity (Wildman–Crippen MR) is 114 cm³/mol. The molecule has 0 aliphatic heterocycles. The van der Waals surface area contributed by atoms with Gasteiger partial charge >= 0.3 is 0 Å². The van der Waals surface area contributed by atoms with E-state index in [9.17, 15) is 4.79 Å². The molecule has 1 aliphatic carbocycles. The van der Waals surface area contributed by atoms with Crippen LogP contribution in [0, 0.1) is 5.92 Å². The van der Waals surface area contributed by atoms with Gasteiger partial charge in [0.15, 0.2) is 0 Å². The van der Waals surface area contributed by atoms with Crippen LogP contribution in [0.2, 0.25) is 0 Å². The van der Waals surface area contributed by atoms with Crippen molar-refractivity contribution in [3.63, 3.8) is 0 Å². The number of hydrogen-bond donors (Lipinski definition) is 2. The van der Waals surface area contributed by atoms with Crippen LogP contribution in [0.3, 0.4) is 0 Å². The van der Waals surface area contributed by atoms with Crippen LogP contribution in [0.15, 0.2) is 54.6 Å². The Kier molecular flexibility index (Phi) is 9.28. The number of carbonyl (C=O) groups excluding carboxylic acids is 1. The number of halogens is 1. The molecule has 3 rings (SSSR count). The fourth-order valence-corrected chi connectivity index (χ4v) is 3.37. The number of amides is 1. The van der Waals surface area contributed by atoms with E-state index in [0.29, 0.717) is 19.8 Å². The van der Waals surface area contributed by atoms with Crippen LogP contribution in [0.25, 0.3) is 0 Å². The minimum absolute atomic E-state index is 0. The Balaban J connectivity index is 0.00000280. The molecule has 0 heterocycles. The SMILES string of the molecule is Cl.NC1CCCC(C(=O)Nc2cccc(COCCOc3ccccc3)c2)C1. The molecule has 0 radical (unpaired) electrons. The largest absolute Gasteiger partial charge is 0.491 e. The first-order valence-corrected chi connectivity index (χ1v) is 9.61. The number of benzene rings is 2. The second kappa shape index (κ2) is 11.7. The summed E-state index contributed by atoms with van der Waals surface area (Å²) in [6.07, 6.45) is 3.74. The van der Waals surface area contributed by atoms with Crippen LogP contribution in [-0.2, 0) is 16.1 Å². The first-order valence-electron chi connectivity index (χ1n) is 9.61. The molecule has 1 aliphatic rings. The van der Waals surface area contributed by atoms with Crippen LogP contribution >= 0.6 is 12.4 Å². The third kappa shape index (κ3) is 7.15. The topological polar surface area (TPSA) is 73.6 Å². The highest BCUT2D eigenvalue weighted by molar-refractivity contribution is 5.92. The zero-order valence-corrected chi connectivity index (χ0v) is 16.8. The van der Waals surface area contributed by atoms with Crippen molar-refractivity contribution in [2.45, 2.75) is 38.3 Å². The first kappa shape index (κ1) is 22.2. The van der Waals surface area contributed by atoms with Crippen molar-refractivity contribution in [1.82, 2.24) is 0 Å². The lowest BCUT2D eigenvalue weighted by Crippen LogP contribution is -2.34. The van der Waals surface area contributed by atoms with Gasteiger partial charge in [0.05, 0.1) is 13.2 Å². The molecule has 2 atom stereocenters. The monoisotopic (exact) mass is 404 g/mol. The normalized spacial score (nSPS) is 18.8. The molecule has 0 aromatic heterocycles. The van der Waals surface area contributed by atoms with E-state index in [0.717, 1.165) is 42.7 Å². The zero-order chi connectivity index (χ0) is 18.9. The number of ether oxygens (including phenoxy) is 2. The summed E-state index contributed by atoms with van der Waals surface area (Å²) in [5, 5.41) is 3.02. The summed E-state index contributed by atoms with van der Waals surface area (Å²) in [5.74, 6) is 0.927. The third-order valence-electron chi connectivity index (χ3n) is 4.79. The summed E-state index contributed by atoms with van der Waals surface area (Å²) < 4.78 is 11.3. The quantitative estimate of drug-likeness (QED) is 0.648. The number of anilines is 1. The molecule has 1 amide bonds. The number of nitrogens with one attached hydrogen (secondary N) is 1. The minimum Gasteiger partial charge on any atom is -0.491 e. The second-order valence-electron chi connectivity index (χ2n) is 7.03. The van der Waals surface area contributed by atoms with Gasteiger partial charge in [-0.2, -0.15) is 0 Å². The van der Waals surface area contributed by atoms with E-state index in [1.54, 1.807) is 0 Å². The second-order valence-corrected chi connectivity index (χ2v) is 7.03. The summed E-state index contributed by atoms with van der Waals surface area (Å²) in [5.41, 5.74) is 7.82. The molecule has 3 N–H and O–H groups in total. The van der Waals surface area contributed by atoms with Crippen LogP contribution in [0.5, 0.6) is 5.75 Å². The highest BCUT2D eigenvalue weighted by Crippen LogP contribution is 2.24. The Morgan fingerprint density at radius 3 is 2.68 bits per heavy atom. The highest BCUT2D eigenvalue weighted by atomic mass is 35.5. The lowest BCUT2D eigenvalue weighted by atomic mass is 9.85. The summed E-state index contributed by atoms with van der Waals surface area (Å²) in [6.45, 7) is 1.49. The molecule has 1 saturated carbocycles. The van der Waals surface area contributed by atoms with E-state index in [1.165, 1.54) is 0 Å². The summed E-state index contributed by atoms with van der Waals surface area (Å²) in [7, 11) is 0. The lowest BCUT2D eigenvalue weighted by Gasteiger charge is -2.25. The molecule has 5 nitrogen and oxygen atoms in total. The van der Waals surface area contributed by atoms with Gasteiger partial charge in [-0.05, 0) is 49.1 Å². The Hall–Kier alpha value is -2.08. The van der Waals surface area contributed by atoms with Gasteiger partial charge in [-0.15, -0.1) is 12.4 Å². The smallest absolute Gasteiger partial charge is 0.227 e. The Morgan fingerprint density at radius 1 is 1.07 bits per heavy atom. The molecule has 1 fully saturated rings. The average molecular weight is 405 g/mol. The van der Waals surface area contributed by atoms with Crippen LogP contribution in [0.1, 0.15) is 31.2 Å². The molecule has 6 heteroatoms. The van der Waals surface area contributed by atoms with Crippen LogP contribution in [-0.4, -0.2) is 25.2 Å². The van der Waals surface area contributed by atoms with Crippen molar-refractivity contribution in [3.8, 4) is 5.75 Å². The summed E-state index contributed by atoms with van der Waals surface area (Å²) in [4.78, 5) is 12.4. The third-order valence-corrected chi connectivity index (χ3v) is 4.79. The van der Waals surface area contributed by atoms with E-state index < -0.39 is 0 Å². The highest BCUT2D eigenvalue weighted by Gasteiger charge is 2.25. The van der Waals surface area contributed by atoms with Crippen molar-refractivity contribution >= 4 is 24.0 Å². The predicted octanol–water partition coefficient (Wildman–Crippen LogP) is 4.16. The maximum absolute atomic E-state index is 12.4. The van der Waals surface area contributed by atoms with Gasteiger partial charge in [0, 0.05) is 17.6 Å². The fraction of sp³-hybridized carbons (Fsp3) is 0.409. The Labute approximate surface area is 173 Å². The van der Waals surface area contributed by atoms with E-state index in [2.05, 4.69) is 5.32 Å². The molecular weight excluding hydrogens is 376 g/mol. The molecule has 0 saturated heterocycles. The maximum Gasteiger partial charge on any atom is 0.227 e. The van der Waals surface area contributed by atoms with Gasteiger partial charge in [0.1, 0.15) is 12.4 Å². The molecule has 152 valence electrons. The van der Waals surface area contributed by atoms with E-state index in [-0.39, 0.29) is 30.3 Å². The Morgan fingerprint density at radius 2 is 1.89 bits per heavy atom. The van der Waals surface area contributed by atoms with Crippen molar-refractivity contribution in [1.29, 1.82) is 0 Å². The average Bonchev–Trinajstić information content (AvgIpc) is 2.69. The van der Waals surface area contributed by atoms with Crippen LogP contribution < -0.4 is 15.8 Å². The maximum atomic E-state index is 12.4. The fourth-order valence-electron chi connectivity index (χ4n) is 3.37. The minimum atomic E-state index is 0. The number of nitrogens with two attached hydrogens (primary N) is 1. The Bertz CT molecular complexity index is 727. The lowest BCUT2D eigenvalue weighted by molar-refractivity contribution is -0.120. The van der Waals surface area contributed by atoms with Crippen molar-refractivity contribution in [3.05, 3.63) is 60.2 Å². The number of carbonyl (C=O) groups is 1. The van der Waals surface area contributed by atoms with Crippen molar-refractivity contribution in [2.24, 2.45) is 11.7 Å². The molecule has 28 heavy (non-hydrogen) atoms. The molecule has 2 unspecified atom stereocenters. The van der Waals surface area contributed by atoms with Gasteiger partial charge in [-0.25, -0.2) is 0 Å².